The van der Waals surface area contributed by atoms with Gasteiger partial charge in [-0.25, -0.2) is 13.8 Å². The summed E-state index contributed by atoms with van der Waals surface area (Å²) in [5.74, 6) is -1.72. The summed E-state index contributed by atoms with van der Waals surface area (Å²) in [6.45, 7) is -0.420. The Morgan fingerprint density at radius 1 is 0.929 bits per heavy atom. The van der Waals surface area contributed by atoms with Crippen molar-refractivity contribution in [3.8, 4) is 22.6 Å². The van der Waals surface area contributed by atoms with Crippen LogP contribution in [0.4, 0.5) is 12.7 Å². The standard InChI is InChI=1S/C18H11ClF3NO4S/c19-18-9-11(5-6-23-18)12-7-16(20)15(17(21)8-12)10-26-13-1-3-14(4-2-13)27-28(22,24)25/h1-9H,10H2. The Hall–Kier alpha value is -2.78. The predicted octanol–water partition coefficient (Wildman–Crippen LogP) is 4.85. The third kappa shape index (κ3) is 5.14. The van der Waals surface area contributed by atoms with E-state index in [0.29, 0.717) is 5.56 Å². The van der Waals surface area contributed by atoms with Crippen LogP contribution >= 0.6 is 11.6 Å². The molecule has 0 aliphatic rings. The summed E-state index contributed by atoms with van der Waals surface area (Å²) >= 11 is 5.79. The quantitative estimate of drug-likeness (QED) is 0.414. The number of halogens is 4. The van der Waals surface area contributed by atoms with Gasteiger partial charge in [0.25, 0.3) is 0 Å². The lowest BCUT2D eigenvalue weighted by Gasteiger charge is -2.11. The van der Waals surface area contributed by atoms with Gasteiger partial charge in [0, 0.05) is 6.20 Å². The average molecular weight is 430 g/mol. The van der Waals surface area contributed by atoms with Crippen molar-refractivity contribution in [2.24, 2.45) is 0 Å². The highest BCUT2D eigenvalue weighted by Crippen LogP contribution is 2.27. The van der Waals surface area contributed by atoms with Gasteiger partial charge in [0.2, 0.25) is 0 Å². The largest absolute Gasteiger partial charge is 0.489 e. The number of aromatic nitrogens is 1. The summed E-state index contributed by atoms with van der Waals surface area (Å²) in [7, 11) is -5.14. The van der Waals surface area contributed by atoms with E-state index < -0.39 is 28.7 Å². The minimum absolute atomic E-state index is 0.174. The highest BCUT2D eigenvalue weighted by Gasteiger charge is 2.14. The second-order valence-electron chi connectivity index (χ2n) is 5.52. The minimum Gasteiger partial charge on any atom is -0.489 e. The van der Waals surface area contributed by atoms with Crippen molar-refractivity contribution in [1.29, 1.82) is 0 Å². The number of pyridine rings is 1. The third-order valence-corrected chi connectivity index (χ3v) is 4.20. The predicted molar refractivity (Wildman–Crippen MR) is 96.0 cm³/mol. The van der Waals surface area contributed by atoms with Gasteiger partial charge in [0.15, 0.2) is 0 Å². The molecule has 1 aromatic heterocycles. The van der Waals surface area contributed by atoms with Gasteiger partial charge in [0.1, 0.15) is 34.9 Å². The molecule has 0 N–H and O–H groups in total. The maximum atomic E-state index is 14.4. The number of benzene rings is 2. The molecule has 0 amide bonds. The molecule has 5 nitrogen and oxygen atoms in total. The molecule has 0 aliphatic heterocycles. The molecule has 3 rings (SSSR count). The average Bonchev–Trinajstić information content (AvgIpc) is 2.61. The molecule has 0 bridgehead atoms. The molecular formula is C18H11ClF3NO4S. The third-order valence-electron chi connectivity index (χ3n) is 3.60. The minimum atomic E-state index is -5.14. The van der Waals surface area contributed by atoms with Crippen LogP contribution in [0.5, 0.6) is 11.5 Å². The Morgan fingerprint density at radius 2 is 1.54 bits per heavy atom. The van der Waals surface area contributed by atoms with Crippen molar-refractivity contribution in [2.75, 3.05) is 0 Å². The Bertz CT molecular complexity index is 1090. The van der Waals surface area contributed by atoms with Crippen LogP contribution in [0, 0.1) is 11.6 Å². The Balaban J connectivity index is 1.74. The lowest BCUT2D eigenvalue weighted by molar-refractivity contribution is 0.292. The fraction of sp³-hybridized carbons (Fsp3) is 0.0556. The van der Waals surface area contributed by atoms with Gasteiger partial charge < -0.3 is 8.92 Å². The second kappa shape index (κ2) is 8.07. The van der Waals surface area contributed by atoms with E-state index in [2.05, 4.69) is 9.17 Å². The molecule has 0 radical (unpaired) electrons. The number of hydrogen-bond donors (Lipinski definition) is 0. The number of ether oxygens (including phenoxy) is 1. The first-order valence-electron chi connectivity index (χ1n) is 7.68. The lowest BCUT2D eigenvalue weighted by Crippen LogP contribution is -2.03. The fourth-order valence-electron chi connectivity index (χ4n) is 2.35. The Kier molecular flexibility index (Phi) is 5.76. The van der Waals surface area contributed by atoms with Crippen molar-refractivity contribution in [1.82, 2.24) is 4.98 Å². The molecule has 1 heterocycles. The summed E-state index contributed by atoms with van der Waals surface area (Å²) in [4.78, 5) is 3.81. The summed E-state index contributed by atoms with van der Waals surface area (Å²) in [6.07, 6.45) is 1.42. The topological polar surface area (TPSA) is 65.5 Å². The van der Waals surface area contributed by atoms with Crippen LogP contribution in [0.1, 0.15) is 5.56 Å². The zero-order chi connectivity index (χ0) is 20.3. The Labute approximate surface area is 163 Å². The highest BCUT2D eigenvalue weighted by molar-refractivity contribution is 7.81. The van der Waals surface area contributed by atoms with Crippen molar-refractivity contribution in [3.63, 3.8) is 0 Å². The number of hydrogen-bond acceptors (Lipinski definition) is 5. The maximum absolute atomic E-state index is 14.4. The van der Waals surface area contributed by atoms with Crippen LogP contribution in [-0.2, 0) is 17.1 Å². The molecule has 10 heteroatoms. The summed E-state index contributed by atoms with van der Waals surface area (Å²) in [5.41, 5.74) is 0.497. The lowest BCUT2D eigenvalue weighted by atomic mass is 10.0. The maximum Gasteiger partial charge on any atom is 0.488 e. The second-order valence-corrected chi connectivity index (χ2v) is 6.86. The van der Waals surface area contributed by atoms with E-state index in [9.17, 15) is 21.1 Å². The SMILES string of the molecule is O=S(=O)(F)Oc1ccc(OCc2c(F)cc(-c3ccnc(Cl)c3)cc2F)cc1. The first-order chi connectivity index (χ1) is 13.2. The zero-order valence-electron chi connectivity index (χ0n) is 13.9. The van der Waals surface area contributed by atoms with Crippen molar-refractivity contribution < 1.29 is 30.0 Å². The summed E-state index contributed by atoms with van der Waals surface area (Å²) < 4.78 is 71.3. The molecule has 3 aromatic rings. The number of nitrogens with zero attached hydrogens (tertiary/aromatic N) is 1. The van der Waals surface area contributed by atoms with E-state index in [1.165, 1.54) is 24.4 Å². The van der Waals surface area contributed by atoms with Crippen molar-refractivity contribution >= 4 is 22.1 Å². The van der Waals surface area contributed by atoms with E-state index in [0.717, 1.165) is 24.3 Å². The fourth-order valence-corrected chi connectivity index (χ4v) is 2.87. The molecule has 146 valence electrons. The van der Waals surface area contributed by atoms with Gasteiger partial charge in [-0.2, -0.15) is 8.42 Å². The monoisotopic (exact) mass is 429 g/mol. The van der Waals surface area contributed by atoms with Gasteiger partial charge in [0.05, 0.1) is 5.56 Å². The van der Waals surface area contributed by atoms with Gasteiger partial charge >= 0.3 is 10.5 Å². The van der Waals surface area contributed by atoms with Crippen LogP contribution in [0.2, 0.25) is 5.15 Å². The molecule has 28 heavy (non-hydrogen) atoms. The van der Waals surface area contributed by atoms with Crippen LogP contribution in [0.3, 0.4) is 0 Å². The van der Waals surface area contributed by atoms with Gasteiger partial charge in [-0.3, -0.25) is 0 Å². The highest BCUT2D eigenvalue weighted by atomic mass is 35.5. The first-order valence-corrected chi connectivity index (χ1v) is 9.37. The molecule has 2 aromatic carbocycles. The summed E-state index contributed by atoms with van der Waals surface area (Å²) in [6, 6.07) is 10.1. The van der Waals surface area contributed by atoms with Crippen molar-refractivity contribution in [3.05, 3.63) is 77.1 Å². The van der Waals surface area contributed by atoms with E-state index >= 15 is 0 Å². The molecule has 0 fully saturated rings. The van der Waals surface area contributed by atoms with Crippen molar-refractivity contribution in [2.45, 2.75) is 6.61 Å². The van der Waals surface area contributed by atoms with Crippen LogP contribution in [-0.4, -0.2) is 13.4 Å². The van der Waals surface area contributed by atoms with E-state index in [1.54, 1.807) is 6.07 Å². The van der Waals surface area contributed by atoms with E-state index in [-0.39, 0.29) is 27.8 Å². The first kappa shape index (κ1) is 20.0. The Morgan fingerprint density at radius 3 is 2.11 bits per heavy atom. The van der Waals surface area contributed by atoms with Crippen LogP contribution < -0.4 is 8.92 Å². The normalized spacial score (nSPS) is 11.3. The molecule has 0 saturated carbocycles. The molecular weight excluding hydrogens is 419 g/mol. The molecule has 0 aliphatic carbocycles. The van der Waals surface area contributed by atoms with E-state index in [1.807, 2.05) is 0 Å². The van der Waals surface area contributed by atoms with Gasteiger partial charge in [-0.1, -0.05) is 15.5 Å². The molecule has 0 unspecified atom stereocenters. The molecule has 0 saturated heterocycles. The molecule has 0 spiro atoms. The van der Waals surface area contributed by atoms with Crippen LogP contribution in [0.15, 0.2) is 54.7 Å². The smallest absolute Gasteiger partial charge is 0.488 e. The summed E-state index contributed by atoms with van der Waals surface area (Å²) in [5, 5.41) is 0.193. The van der Waals surface area contributed by atoms with Gasteiger partial charge in [-0.05, 0) is 59.7 Å². The number of rotatable bonds is 6. The van der Waals surface area contributed by atoms with Crippen LogP contribution in [0.25, 0.3) is 11.1 Å². The zero-order valence-corrected chi connectivity index (χ0v) is 15.5. The van der Waals surface area contributed by atoms with E-state index in [4.69, 9.17) is 16.3 Å². The van der Waals surface area contributed by atoms with Gasteiger partial charge in [-0.15, -0.1) is 0 Å². The molecule has 0 atom stereocenters.